The van der Waals surface area contributed by atoms with Crippen LogP contribution in [0, 0.1) is 0 Å². The Morgan fingerprint density at radius 3 is 2.75 bits per heavy atom. The van der Waals surface area contributed by atoms with Crippen molar-refractivity contribution < 1.29 is 4.79 Å². The zero-order chi connectivity index (χ0) is 17.1. The number of halogens is 1. The molecule has 1 N–H and O–H groups in total. The molecule has 0 aliphatic rings. The first-order chi connectivity index (χ1) is 11.5. The molecule has 0 aliphatic carbocycles. The van der Waals surface area contributed by atoms with Crippen molar-refractivity contribution in [3.05, 3.63) is 59.9 Å². The van der Waals surface area contributed by atoms with Gasteiger partial charge in [-0.25, -0.2) is 9.78 Å². The lowest BCUT2D eigenvalue weighted by molar-refractivity contribution is 0.219. The molecule has 0 spiro atoms. The van der Waals surface area contributed by atoms with Crippen LogP contribution in [-0.4, -0.2) is 37.3 Å². The molecule has 3 rings (SSSR count). The minimum absolute atomic E-state index is 0.242. The zero-order valence-corrected chi connectivity index (χ0v) is 14.1. The van der Waals surface area contributed by atoms with Crippen molar-refractivity contribution in [2.75, 3.05) is 12.4 Å². The topological polar surface area (TPSA) is 68.0 Å². The number of amides is 2. The van der Waals surface area contributed by atoms with Gasteiger partial charge in [0.25, 0.3) is 0 Å². The zero-order valence-electron chi connectivity index (χ0n) is 13.3. The van der Waals surface area contributed by atoms with Crippen LogP contribution in [0.4, 0.5) is 10.5 Å². The number of anilines is 1. The van der Waals surface area contributed by atoms with Crippen LogP contribution in [0.3, 0.4) is 0 Å². The van der Waals surface area contributed by atoms with Crippen molar-refractivity contribution in [2.45, 2.75) is 6.54 Å². The van der Waals surface area contributed by atoms with Crippen molar-refractivity contribution in [1.82, 2.24) is 24.2 Å². The molecular formula is C16H17ClN6O. The molecule has 2 heterocycles. The third-order valence-electron chi connectivity index (χ3n) is 3.61. The van der Waals surface area contributed by atoms with E-state index in [4.69, 9.17) is 11.6 Å². The minimum Gasteiger partial charge on any atom is -0.322 e. The van der Waals surface area contributed by atoms with Gasteiger partial charge < -0.3 is 14.8 Å². The number of urea groups is 1. The number of carbonyl (C=O) groups excluding carboxylic acids is 1. The molecule has 2 aromatic heterocycles. The Balaban J connectivity index is 1.78. The van der Waals surface area contributed by atoms with Crippen LogP contribution in [0.25, 0.3) is 5.69 Å². The first-order valence-electron chi connectivity index (χ1n) is 7.32. The summed E-state index contributed by atoms with van der Waals surface area (Å²) in [5.41, 5.74) is 1.47. The molecule has 1 aromatic carbocycles. The largest absolute Gasteiger partial charge is 0.322 e. The fourth-order valence-electron chi connectivity index (χ4n) is 2.28. The second-order valence-electron chi connectivity index (χ2n) is 5.34. The summed E-state index contributed by atoms with van der Waals surface area (Å²) in [5, 5.41) is 7.51. The van der Waals surface area contributed by atoms with E-state index in [9.17, 15) is 4.79 Å². The number of carbonyl (C=O) groups is 1. The summed E-state index contributed by atoms with van der Waals surface area (Å²) >= 11 is 6.09. The molecule has 124 valence electrons. The van der Waals surface area contributed by atoms with Gasteiger partial charge in [-0.05, 0) is 30.3 Å². The van der Waals surface area contributed by atoms with Gasteiger partial charge in [-0.15, -0.1) is 0 Å². The Labute approximate surface area is 144 Å². The number of aryl methyl sites for hydroxylation is 1. The van der Waals surface area contributed by atoms with Crippen LogP contribution in [0.15, 0.2) is 49.1 Å². The van der Waals surface area contributed by atoms with E-state index in [1.54, 1.807) is 37.0 Å². The number of nitrogens with one attached hydrogen (secondary N) is 1. The highest BCUT2D eigenvalue weighted by atomic mass is 35.5. The summed E-state index contributed by atoms with van der Waals surface area (Å²) in [6.45, 7) is 0.356. The molecular weight excluding hydrogens is 328 g/mol. The van der Waals surface area contributed by atoms with Crippen molar-refractivity contribution in [3.8, 4) is 5.69 Å². The second-order valence-corrected chi connectivity index (χ2v) is 5.77. The first-order valence-corrected chi connectivity index (χ1v) is 7.70. The van der Waals surface area contributed by atoms with Gasteiger partial charge in [0.1, 0.15) is 12.2 Å². The van der Waals surface area contributed by atoms with E-state index in [1.165, 1.54) is 11.2 Å². The van der Waals surface area contributed by atoms with Crippen LogP contribution in [-0.2, 0) is 13.6 Å². The van der Waals surface area contributed by atoms with Crippen LogP contribution in [0.1, 0.15) is 5.82 Å². The molecule has 8 heteroatoms. The smallest absolute Gasteiger partial charge is 0.322 e. The Bertz CT molecular complexity index is 842. The maximum absolute atomic E-state index is 12.5. The minimum atomic E-state index is -0.242. The monoisotopic (exact) mass is 344 g/mol. The van der Waals surface area contributed by atoms with Gasteiger partial charge in [-0.3, -0.25) is 4.68 Å². The van der Waals surface area contributed by atoms with E-state index in [2.05, 4.69) is 15.4 Å². The van der Waals surface area contributed by atoms with Gasteiger partial charge >= 0.3 is 6.03 Å². The van der Waals surface area contributed by atoms with Crippen molar-refractivity contribution >= 4 is 23.3 Å². The Morgan fingerprint density at radius 1 is 1.33 bits per heavy atom. The summed E-state index contributed by atoms with van der Waals surface area (Å²) in [5.74, 6) is 0.703. The van der Waals surface area contributed by atoms with Crippen LogP contribution in [0.2, 0.25) is 5.02 Å². The lowest BCUT2D eigenvalue weighted by atomic mass is 10.2. The quantitative estimate of drug-likeness (QED) is 0.791. The number of nitrogens with zero attached hydrogens (tertiary/aromatic N) is 5. The SMILES string of the molecule is CN(Cc1ncnn1C)C(=O)Nc1ccc(Cl)cc1-n1cccc1. The molecule has 0 unspecified atom stereocenters. The lowest BCUT2D eigenvalue weighted by Crippen LogP contribution is -2.32. The van der Waals surface area contributed by atoms with Crippen molar-refractivity contribution in [1.29, 1.82) is 0 Å². The highest BCUT2D eigenvalue weighted by Crippen LogP contribution is 2.25. The van der Waals surface area contributed by atoms with E-state index in [-0.39, 0.29) is 6.03 Å². The molecule has 0 radical (unpaired) electrons. The maximum Gasteiger partial charge on any atom is 0.322 e. The Hall–Kier alpha value is -2.80. The number of hydrogen-bond acceptors (Lipinski definition) is 3. The van der Waals surface area contributed by atoms with E-state index in [1.807, 2.05) is 29.1 Å². The highest BCUT2D eigenvalue weighted by Gasteiger charge is 2.14. The molecule has 0 atom stereocenters. The molecule has 0 aliphatic heterocycles. The Kier molecular flexibility index (Phi) is 4.52. The van der Waals surface area contributed by atoms with Gasteiger partial charge in [0, 0.05) is 31.5 Å². The summed E-state index contributed by atoms with van der Waals surface area (Å²) in [7, 11) is 3.49. The summed E-state index contributed by atoms with van der Waals surface area (Å²) in [6, 6.07) is 8.91. The number of rotatable bonds is 4. The number of aromatic nitrogens is 4. The second kappa shape index (κ2) is 6.76. The van der Waals surface area contributed by atoms with Gasteiger partial charge in [0.15, 0.2) is 0 Å². The predicted octanol–water partition coefficient (Wildman–Crippen LogP) is 2.92. The third-order valence-corrected chi connectivity index (χ3v) is 3.85. The fraction of sp³-hybridized carbons (Fsp3) is 0.188. The normalized spacial score (nSPS) is 10.6. The number of benzene rings is 1. The molecule has 0 saturated carbocycles. The van der Waals surface area contributed by atoms with Gasteiger partial charge in [-0.2, -0.15) is 5.10 Å². The molecule has 0 saturated heterocycles. The predicted molar refractivity (Wildman–Crippen MR) is 92.3 cm³/mol. The van der Waals surface area contributed by atoms with E-state index >= 15 is 0 Å². The standard InChI is InChI=1S/C16H17ClN6O/c1-21(10-15-18-11-19-22(15)2)16(24)20-13-6-5-12(17)9-14(13)23-7-3-4-8-23/h3-9,11H,10H2,1-2H3,(H,20,24). The van der Waals surface area contributed by atoms with Gasteiger partial charge in [0.2, 0.25) is 0 Å². The van der Waals surface area contributed by atoms with Crippen LogP contribution >= 0.6 is 11.6 Å². The molecule has 3 aromatic rings. The molecule has 2 amide bonds. The van der Waals surface area contributed by atoms with Gasteiger partial charge in [-0.1, -0.05) is 11.6 Å². The first kappa shape index (κ1) is 16.1. The van der Waals surface area contributed by atoms with Crippen LogP contribution < -0.4 is 5.32 Å². The fourth-order valence-corrected chi connectivity index (χ4v) is 2.44. The van der Waals surface area contributed by atoms with E-state index in [0.29, 0.717) is 23.1 Å². The molecule has 7 nitrogen and oxygen atoms in total. The highest BCUT2D eigenvalue weighted by molar-refractivity contribution is 6.30. The van der Waals surface area contributed by atoms with E-state index < -0.39 is 0 Å². The summed E-state index contributed by atoms with van der Waals surface area (Å²) in [6.07, 6.45) is 5.25. The average Bonchev–Trinajstić information content (AvgIpc) is 3.21. The molecule has 0 bridgehead atoms. The van der Waals surface area contributed by atoms with E-state index in [0.717, 1.165) is 5.69 Å². The lowest BCUT2D eigenvalue weighted by Gasteiger charge is -2.19. The average molecular weight is 345 g/mol. The third kappa shape index (κ3) is 3.41. The van der Waals surface area contributed by atoms with Crippen molar-refractivity contribution in [2.24, 2.45) is 7.05 Å². The van der Waals surface area contributed by atoms with Gasteiger partial charge in [0.05, 0.1) is 17.9 Å². The van der Waals surface area contributed by atoms with Crippen LogP contribution in [0.5, 0.6) is 0 Å². The summed E-state index contributed by atoms with van der Waals surface area (Å²) in [4.78, 5) is 18.1. The number of hydrogen-bond donors (Lipinski definition) is 1. The molecule has 24 heavy (non-hydrogen) atoms. The maximum atomic E-state index is 12.5. The molecule has 0 fully saturated rings. The summed E-state index contributed by atoms with van der Waals surface area (Å²) < 4.78 is 3.53. The Morgan fingerprint density at radius 2 is 2.08 bits per heavy atom. The van der Waals surface area contributed by atoms with Crippen molar-refractivity contribution in [3.63, 3.8) is 0 Å².